The molecule has 0 aliphatic carbocycles. The zero-order chi connectivity index (χ0) is 16.4. The first-order valence-electron chi connectivity index (χ1n) is 6.54. The smallest absolute Gasteiger partial charge is 0.305 e. The van der Waals surface area contributed by atoms with Crippen molar-refractivity contribution in [3.63, 3.8) is 0 Å². The summed E-state index contributed by atoms with van der Waals surface area (Å²) in [6.07, 6.45) is 1.98. The molecule has 0 unspecified atom stereocenters. The van der Waals surface area contributed by atoms with Gasteiger partial charge in [0.05, 0.1) is 24.2 Å². The number of nitrogens with zero attached hydrogens (tertiary/aromatic N) is 1. The summed E-state index contributed by atoms with van der Waals surface area (Å²) in [5, 5.41) is 0.480. The summed E-state index contributed by atoms with van der Waals surface area (Å²) in [4.78, 5) is 23.1. The van der Waals surface area contributed by atoms with Gasteiger partial charge in [0.15, 0.2) is 0 Å². The van der Waals surface area contributed by atoms with E-state index in [9.17, 15) is 14.0 Å². The number of rotatable bonds is 4. The number of hydrogen-bond acceptors (Lipinski definition) is 4. The molecule has 2 aromatic rings. The van der Waals surface area contributed by atoms with Crippen LogP contribution in [0, 0.1) is 5.82 Å². The van der Waals surface area contributed by atoms with E-state index in [2.05, 4.69) is 20.7 Å². The maximum atomic E-state index is 14.3. The van der Waals surface area contributed by atoms with Crippen molar-refractivity contribution in [1.82, 2.24) is 4.57 Å². The molecule has 0 bridgehead atoms. The number of carbonyl (C=O) groups excluding carboxylic acids is 2. The van der Waals surface area contributed by atoms with Gasteiger partial charge in [0, 0.05) is 24.9 Å². The van der Waals surface area contributed by atoms with Crippen LogP contribution in [-0.2, 0) is 16.0 Å². The van der Waals surface area contributed by atoms with Gasteiger partial charge in [-0.15, -0.1) is 0 Å². The minimum atomic E-state index is -0.540. The average molecular weight is 372 g/mol. The zero-order valence-electron chi connectivity index (χ0n) is 12.4. The SMILES string of the molecule is COC(=O)CCc1cn(C(C)=O)c2c(F)cc(Br)c(OC)c12. The maximum absolute atomic E-state index is 14.3. The fourth-order valence-corrected chi connectivity index (χ4v) is 2.95. The molecule has 0 aliphatic rings. The molecular weight excluding hydrogens is 357 g/mol. The average Bonchev–Trinajstić information content (AvgIpc) is 2.85. The van der Waals surface area contributed by atoms with Crippen LogP contribution in [0.5, 0.6) is 5.75 Å². The molecular formula is C15H15BrFNO4. The number of esters is 1. The minimum Gasteiger partial charge on any atom is -0.495 e. The maximum Gasteiger partial charge on any atom is 0.305 e. The Morgan fingerprint density at radius 2 is 2.05 bits per heavy atom. The predicted molar refractivity (Wildman–Crippen MR) is 82.8 cm³/mol. The molecule has 0 amide bonds. The van der Waals surface area contributed by atoms with Crippen LogP contribution in [0.15, 0.2) is 16.7 Å². The second kappa shape index (κ2) is 6.48. The van der Waals surface area contributed by atoms with Crippen molar-refractivity contribution in [3.8, 4) is 5.75 Å². The van der Waals surface area contributed by atoms with Gasteiger partial charge in [0.25, 0.3) is 0 Å². The molecule has 0 atom stereocenters. The van der Waals surface area contributed by atoms with Crippen molar-refractivity contribution in [2.75, 3.05) is 14.2 Å². The number of halogens is 2. The lowest BCUT2D eigenvalue weighted by Gasteiger charge is -2.09. The summed E-state index contributed by atoms with van der Waals surface area (Å²) >= 11 is 3.25. The van der Waals surface area contributed by atoms with E-state index < -0.39 is 5.82 Å². The summed E-state index contributed by atoms with van der Waals surface area (Å²) < 4.78 is 25.9. The molecule has 0 N–H and O–H groups in total. The normalized spacial score (nSPS) is 10.8. The van der Waals surface area contributed by atoms with Crippen LogP contribution in [0.1, 0.15) is 23.7 Å². The molecule has 7 heteroatoms. The molecule has 0 spiro atoms. The van der Waals surface area contributed by atoms with Gasteiger partial charge in [-0.1, -0.05) is 0 Å². The van der Waals surface area contributed by atoms with Crippen LogP contribution in [0.25, 0.3) is 10.9 Å². The molecule has 22 heavy (non-hydrogen) atoms. The quantitative estimate of drug-likeness (QED) is 0.773. The highest BCUT2D eigenvalue weighted by atomic mass is 79.9. The summed E-state index contributed by atoms with van der Waals surface area (Å²) in [5.41, 5.74) is 0.792. The molecule has 0 aliphatic heterocycles. The Kier molecular flexibility index (Phi) is 4.85. The largest absolute Gasteiger partial charge is 0.495 e. The van der Waals surface area contributed by atoms with Crippen molar-refractivity contribution in [2.24, 2.45) is 0 Å². The predicted octanol–water partition coefficient (Wildman–Crippen LogP) is 3.32. The Labute approximate surface area is 135 Å². The lowest BCUT2D eigenvalue weighted by molar-refractivity contribution is -0.140. The van der Waals surface area contributed by atoms with Crippen LogP contribution >= 0.6 is 15.9 Å². The fourth-order valence-electron chi connectivity index (χ4n) is 2.39. The van der Waals surface area contributed by atoms with E-state index in [0.717, 1.165) is 0 Å². The molecule has 0 saturated carbocycles. The van der Waals surface area contributed by atoms with Gasteiger partial charge in [0.2, 0.25) is 5.91 Å². The Balaban J connectivity index is 2.69. The van der Waals surface area contributed by atoms with Crippen LogP contribution in [0.4, 0.5) is 4.39 Å². The van der Waals surface area contributed by atoms with Crippen molar-refractivity contribution in [1.29, 1.82) is 0 Å². The highest BCUT2D eigenvalue weighted by molar-refractivity contribution is 9.10. The Morgan fingerprint density at radius 1 is 1.36 bits per heavy atom. The fraction of sp³-hybridized carbons (Fsp3) is 0.333. The van der Waals surface area contributed by atoms with E-state index in [4.69, 9.17) is 4.74 Å². The van der Waals surface area contributed by atoms with Gasteiger partial charge in [-0.3, -0.25) is 14.2 Å². The molecule has 0 fully saturated rings. The summed E-state index contributed by atoms with van der Waals surface area (Å²) in [6.45, 7) is 1.34. The number of hydrogen-bond donors (Lipinski definition) is 0. The molecule has 0 radical (unpaired) electrons. The van der Waals surface area contributed by atoms with Crippen LogP contribution in [-0.4, -0.2) is 30.7 Å². The van der Waals surface area contributed by atoms with Gasteiger partial charge in [-0.05, 0) is 34.0 Å². The lowest BCUT2D eigenvalue weighted by Crippen LogP contribution is -2.05. The van der Waals surface area contributed by atoms with Gasteiger partial charge in [-0.2, -0.15) is 0 Å². The highest BCUT2D eigenvalue weighted by Crippen LogP contribution is 2.39. The van der Waals surface area contributed by atoms with Gasteiger partial charge in [0.1, 0.15) is 11.6 Å². The summed E-state index contributed by atoms with van der Waals surface area (Å²) in [5.74, 6) is -0.811. The van der Waals surface area contributed by atoms with Gasteiger partial charge in [-0.25, -0.2) is 4.39 Å². The standard InChI is InChI=1S/C15H15BrFNO4/c1-8(19)18-7-9(4-5-12(20)21-2)13-14(18)11(17)6-10(16)15(13)22-3/h6-7H,4-5H2,1-3H3. The third-order valence-electron chi connectivity index (χ3n) is 3.38. The molecule has 2 rings (SSSR count). The summed E-state index contributed by atoms with van der Waals surface area (Å²) in [7, 11) is 2.77. The number of carbonyl (C=O) groups is 2. The Morgan fingerprint density at radius 3 is 2.59 bits per heavy atom. The molecule has 1 heterocycles. The lowest BCUT2D eigenvalue weighted by atomic mass is 10.1. The van der Waals surface area contributed by atoms with Crippen LogP contribution in [0.2, 0.25) is 0 Å². The van der Waals surface area contributed by atoms with E-state index in [-0.39, 0.29) is 23.8 Å². The molecule has 5 nitrogen and oxygen atoms in total. The second-order valence-corrected chi connectivity index (χ2v) is 5.57. The van der Waals surface area contributed by atoms with E-state index in [1.165, 1.54) is 38.0 Å². The number of ether oxygens (including phenoxy) is 2. The third-order valence-corrected chi connectivity index (χ3v) is 3.97. The first-order chi connectivity index (χ1) is 10.4. The van der Waals surface area contributed by atoms with Gasteiger partial charge >= 0.3 is 5.97 Å². The van der Waals surface area contributed by atoms with Crippen molar-refractivity contribution in [2.45, 2.75) is 19.8 Å². The topological polar surface area (TPSA) is 57.5 Å². The molecule has 118 valence electrons. The highest BCUT2D eigenvalue weighted by Gasteiger charge is 2.21. The van der Waals surface area contributed by atoms with Crippen LogP contribution < -0.4 is 4.74 Å². The third kappa shape index (κ3) is 2.85. The van der Waals surface area contributed by atoms with Crippen LogP contribution in [0.3, 0.4) is 0 Å². The first-order valence-corrected chi connectivity index (χ1v) is 7.33. The zero-order valence-corrected chi connectivity index (χ0v) is 14.0. The van der Waals surface area contributed by atoms with Gasteiger partial charge < -0.3 is 9.47 Å². The number of aromatic nitrogens is 1. The summed E-state index contributed by atoms with van der Waals surface area (Å²) in [6, 6.07) is 1.25. The Hall–Kier alpha value is -1.89. The van der Waals surface area contributed by atoms with E-state index in [1.54, 1.807) is 0 Å². The number of fused-ring (bicyclic) bond motifs is 1. The number of aryl methyl sites for hydroxylation is 1. The molecule has 1 aromatic heterocycles. The first kappa shape index (κ1) is 16.5. The molecule has 1 aromatic carbocycles. The van der Waals surface area contributed by atoms with Crippen molar-refractivity contribution < 1.29 is 23.5 Å². The van der Waals surface area contributed by atoms with E-state index in [0.29, 0.717) is 27.6 Å². The second-order valence-electron chi connectivity index (χ2n) is 4.72. The van der Waals surface area contributed by atoms with E-state index in [1.807, 2.05) is 0 Å². The molecule has 0 saturated heterocycles. The number of methoxy groups -OCH3 is 2. The van der Waals surface area contributed by atoms with Crippen molar-refractivity contribution >= 4 is 38.7 Å². The van der Waals surface area contributed by atoms with Crippen molar-refractivity contribution in [3.05, 3.63) is 28.1 Å². The number of benzene rings is 1. The van der Waals surface area contributed by atoms with E-state index >= 15 is 0 Å². The monoisotopic (exact) mass is 371 g/mol. The minimum absolute atomic E-state index is 0.130. The Bertz CT molecular complexity index is 754.